The third-order valence-electron chi connectivity index (χ3n) is 5.67. The van der Waals surface area contributed by atoms with Crippen LogP contribution in [0, 0.1) is 11.8 Å². The summed E-state index contributed by atoms with van der Waals surface area (Å²) in [5, 5.41) is 21.6. The number of hydrogen-bond donors (Lipinski definition) is 3. The monoisotopic (exact) mass is 458 g/mol. The van der Waals surface area contributed by atoms with Crippen LogP contribution in [-0.2, 0) is 4.79 Å². The van der Waals surface area contributed by atoms with Crippen molar-refractivity contribution >= 4 is 6.29 Å². The van der Waals surface area contributed by atoms with Gasteiger partial charge in [-0.15, -0.1) is 0 Å². The van der Waals surface area contributed by atoms with Crippen LogP contribution < -0.4 is 5.32 Å². The minimum atomic E-state index is 0.00167. The molecule has 0 bridgehead atoms. The first-order chi connectivity index (χ1) is 15.6. The van der Waals surface area contributed by atoms with Gasteiger partial charge in [0.2, 0.25) is 0 Å². The van der Waals surface area contributed by atoms with Gasteiger partial charge in [0.15, 0.2) is 0 Å². The Morgan fingerprint density at radius 2 is 1.30 bits per heavy atom. The zero-order valence-electron chi connectivity index (χ0n) is 21.9. The number of aldehydes is 1. The normalized spacial score (nSPS) is 14.1. The van der Waals surface area contributed by atoms with Crippen molar-refractivity contribution in [2.75, 3.05) is 34.7 Å². The van der Waals surface area contributed by atoms with Crippen molar-refractivity contribution in [3.05, 3.63) is 59.7 Å². The van der Waals surface area contributed by atoms with E-state index >= 15 is 0 Å². The Morgan fingerprint density at radius 3 is 1.64 bits per heavy atom. The number of carbonyl (C=O) groups is 1. The van der Waals surface area contributed by atoms with Crippen molar-refractivity contribution in [2.24, 2.45) is 11.8 Å². The van der Waals surface area contributed by atoms with E-state index in [4.69, 9.17) is 0 Å². The first-order valence-corrected chi connectivity index (χ1v) is 11.9. The van der Waals surface area contributed by atoms with Gasteiger partial charge in [-0.2, -0.15) is 0 Å². The number of aromatic hydroxyl groups is 2. The van der Waals surface area contributed by atoms with Crippen molar-refractivity contribution in [1.82, 2.24) is 10.2 Å². The van der Waals surface area contributed by atoms with E-state index in [0.29, 0.717) is 17.6 Å². The maximum Gasteiger partial charge on any atom is 0.123 e. The van der Waals surface area contributed by atoms with Gasteiger partial charge in [-0.25, -0.2) is 0 Å². The smallest absolute Gasteiger partial charge is 0.123 e. The summed E-state index contributed by atoms with van der Waals surface area (Å²) in [7, 11) is 7.96. The van der Waals surface area contributed by atoms with Crippen LogP contribution in [0.5, 0.6) is 11.5 Å². The molecule has 5 nitrogen and oxygen atoms in total. The summed E-state index contributed by atoms with van der Waals surface area (Å²) in [4.78, 5) is 12.9. The Kier molecular flexibility index (Phi) is 15.9. The molecule has 0 aliphatic rings. The highest BCUT2D eigenvalue weighted by Gasteiger charge is 2.18. The van der Waals surface area contributed by atoms with Crippen LogP contribution in [-0.4, -0.2) is 56.1 Å². The lowest BCUT2D eigenvalue weighted by atomic mass is 9.85. The van der Waals surface area contributed by atoms with E-state index in [-0.39, 0.29) is 17.6 Å². The Hall–Kier alpha value is -2.37. The molecule has 0 unspecified atom stereocenters. The summed E-state index contributed by atoms with van der Waals surface area (Å²) in [6.07, 6.45) is 2.99. The topological polar surface area (TPSA) is 72.8 Å². The van der Waals surface area contributed by atoms with Crippen LogP contribution in [0.4, 0.5) is 0 Å². The van der Waals surface area contributed by atoms with E-state index in [2.05, 4.69) is 51.1 Å². The van der Waals surface area contributed by atoms with Gasteiger partial charge in [0.05, 0.1) is 0 Å². The molecule has 0 saturated carbocycles. The molecule has 3 N–H and O–H groups in total. The predicted octanol–water partition coefficient (Wildman–Crippen LogP) is 5.64. The molecule has 0 heterocycles. The molecule has 0 fully saturated rings. The summed E-state index contributed by atoms with van der Waals surface area (Å²) in [6, 6.07) is 14.8. The Bertz CT molecular complexity index is 779. The second kappa shape index (κ2) is 17.2. The average molecular weight is 459 g/mol. The molecule has 0 saturated heterocycles. The lowest BCUT2D eigenvalue weighted by Crippen LogP contribution is -2.24. The van der Waals surface area contributed by atoms with Crippen molar-refractivity contribution in [2.45, 2.75) is 52.4 Å². The maximum atomic E-state index is 10.7. The molecule has 0 aliphatic carbocycles. The molecule has 4 atom stereocenters. The third kappa shape index (κ3) is 11.9. The van der Waals surface area contributed by atoms with Gasteiger partial charge in [0.1, 0.15) is 17.8 Å². The number of nitrogens with one attached hydrogen (secondary N) is 1. The molecule has 2 rings (SSSR count). The first-order valence-electron chi connectivity index (χ1n) is 11.9. The zero-order chi connectivity index (χ0) is 25.4. The van der Waals surface area contributed by atoms with E-state index in [1.165, 1.54) is 5.56 Å². The molecule has 0 amide bonds. The second-order valence-corrected chi connectivity index (χ2v) is 8.95. The lowest BCUT2D eigenvalue weighted by Gasteiger charge is -2.26. The lowest BCUT2D eigenvalue weighted by molar-refractivity contribution is -0.111. The van der Waals surface area contributed by atoms with Crippen LogP contribution >= 0.6 is 0 Å². The molecular formula is C28H46N2O3. The second-order valence-electron chi connectivity index (χ2n) is 8.95. The fraction of sp³-hybridized carbons (Fsp3) is 0.536. The van der Waals surface area contributed by atoms with Gasteiger partial charge in [-0.3, -0.25) is 0 Å². The molecule has 0 radical (unpaired) electrons. The highest BCUT2D eigenvalue weighted by molar-refractivity contribution is 5.55. The number of phenols is 2. The van der Waals surface area contributed by atoms with Gasteiger partial charge in [-0.05, 0) is 94.2 Å². The summed E-state index contributed by atoms with van der Waals surface area (Å²) in [6.45, 7) is 9.52. The Balaban J connectivity index is 0.000000558. The van der Waals surface area contributed by atoms with Gasteiger partial charge in [0.25, 0.3) is 0 Å². The molecule has 0 spiro atoms. The van der Waals surface area contributed by atoms with E-state index in [0.717, 1.165) is 31.2 Å². The van der Waals surface area contributed by atoms with E-state index in [9.17, 15) is 15.0 Å². The largest absolute Gasteiger partial charge is 0.508 e. The number of phenolic OH excluding ortho intramolecular Hbond substituents is 2. The minimum absolute atomic E-state index is 0.00167. The summed E-state index contributed by atoms with van der Waals surface area (Å²) < 4.78 is 0. The molecule has 5 heteroatoms. The molecule has 0 aliphatic heterocycles. The number of hydrogen-bond acceptors (Lipinski definition) is 5. The summed E-state index contributed by atoms with van der Waals surface area (Å²) in [5.41, 5.74) is 2.28. The van der Waals surface area contributed by atoms with Crippen molar-refractivity contribution in [1.29, 1.82) is 0 Å². The van der Waals surface area contributed by atoms with Crippen LogP contribution in [0.25, 0.3) is 0 Å². The molecule has 2 aromatic carbocycles. The summed E-state index contributed by atoms with van der Waals surface area (Å²) in [5.74, 6) is 1.96. The standard InChI is InChI=1S/C14H23NO.C12H16O2.C2H7N/c1-5-14(11(2)10-15(3)4)12-7-6-8-13(16)9-12;1-3-12(9(2)8-13)10-5-4-6-11(14)7-10;1-3-2/h6-9,11,14,16H,5,10H2,1-4H3;4-9,12,14H,3H2,1-2H3;3H,1-2H3/t11-,14-;9-,12-;/m00./s1. The highest BCUT2D eigenvalue weighted by atomic mass is 16.3. The fourth-order valence-corrected chi connectivity index (χ4v) is 4.19. The summed E-state index contributed by atoms with van der Waals surface area (Å²) >= 11 is 0. The Labute approximate surface area is 201 Å². The zero-order valence-corrected chi connectivity index (χ0v) is 21.9. The third-order valence-corrected chi connectivity index (χ3v) is 5.67. The number of benzene rings is 2. The Morgan fingerprint density at radius 1 is 0.879 bits per heavy atom. The molecule has 2 aromatic rings. The van der Waals surface area contributed by atoms with E-state index in [1.54, 1.807) is 18.2 Å². The number of carbonyl (C=O) groups excluding carboxylic acids is 1. The van der Waals surface area contributed by atoms with E-state index in [1.807, 2.05) is 45.3 Å². The van der Waals surface area contributed by atoms with Crippen LogP contribution in [0.2, 0.25) is 0 Å². The van der Waals surface area contributed by atoms with Gasteiger partial charge in [-0.1, -0.05) is 52.0 Å². The SMILES string of the molecule is CC[C@H](c1cccc(O)c1)[C@@H](C)C=O.CC[C@H](c1cccc(O)c1)[C@@H](C)CN(C)C.CNC. The van der Waals surface area contributed by atoms with Crippen molar-refractivity contribution in [3.63, 3.8) is 0 Å². The fourth-order valence-electron chi connectivity index (χ4n) is 4.19. The van der Waals surface area contributed by atoms with Crippen molar-refractivity contribution in [3.8, 4) is 11.5 Å². The molecule has 33 heavy (non-hydrogen) atoms. The van der Waals surface area contributed by atoms with Gasteiger partial charge < -0.3 is 25.2 Å². The predicted molar refractivity (Wildman–Crippen MR) is 140 cm³/mol. The quantitative estimate of drug-likeness (QED) is 0.424. The molecule has 186 valence electrons. The minimum Gasteiger partial charge on any atom is -0.508 e. The van der Waals surface area contributed by atoms with Gasteiger partial charge >= 0.3 is 0 Å². The average Bonchev–Trinajstić information content (AvgIpc) is 2.75. The van der Waals surface area contributed by atoms with E-state index < -0.39 is 0 Å². The van der Waals surface area contributed by atoms with Crippen molar-refractivity contribution < 1.29 is 15.0 Å². The first kappa shape index (κ1) is 30.6. The number of rotatable bonds is 9. The van der Waals surface area contributed by atoms with Gasteiger partial charge in [0, 0.05) is 12.5 Å². The molecule has 0 aromatic heterocycles. The van der Waals surface area contributed by atoms with Crippen LogP contribution in [0.15, 0.2) is 48.5 Å². The maximum absolute atomic E-state index is 10.7. The van der Waals surface area contributed by atoms with Crippen LogP contribution in [0.1, 0.15) is 63.5 Å². The van der Waals surface area contributed by atoms with Crippen LogP contribution in [0.3, 0.4) is 0 Å². The highest BCUT2D eigenvalue weighted by Crippen LogP contribution is 2.30. The molecular weight excluding hydrogens is 412 g/mol. The number of nitrogens with zero attached hydrogens (tertiary/aromatic N) is 1.